The predicted octanol–water partition coefficient (Wildman–Crippen LogP) is 4.65. The molecule has 0 saturated heterocycles. The monoisotopic (exact) mass is 426 g/mol. The molecule has 2 aromatic rings. The second kappa shape index (κ2) is 10.6. The number of carboxylic acid groups (broad SMARTS) is 1. The van der Waals surface area contributed by atoms with Gasteiger partial charge in [0.05, 0.1) is 22.7 Å². The van der Waals surface area contributed by atoms with E-state index >= 15 is 0 Å². The van der Waals surface area contributed by atoms with Crippen LogP contribution < -0.4 is 4.90 Å². The minimum absolute atomic E-state index is 0.0108. The number of nitrogens with zero attached hydrogens (tertiary/aromatic N) is 4. The fourth-order valence-corrected chi connectivity index (χ4v) is 2.58. The number of carboxylic acids is 1. The minimum atomic E-state index is -1.33. The van der Waals surface area contributed by atoms with Crippen LogP contribution in [-0.2, 0) is 9.53 Å². The van der Waals surface area contributed by atoms with Crippen LogP contribution in [0.3, 0.4) is 0 Å². The van der Waals surface area contributed by atoms with Crippen LogP contribution in [0.5, 0.6) is 0 Å². The van der Waals surface area contributed by atoms with Gasteiger partial charge >= 0.3 is 11.9 Å². The Hall–Kier alpha value is -4.08. The Kier molecular flexibility index (Phi) is 7.95. The summed E-state index contributed by atoms with van der Waals surface area (Å²) in [5, 5.41) is 28.0. The summed E-state index contributed by atoms with van der Waals surface area (Å²) in [7, 11) is 0. The molecule has 0 radical (unpaired) electrons. The smallest absolute Gasteiger partial charge is 0.338 e. The summed E-state index contributed by atoms with van der Waals surface area (Å²) in [6.07, 6.45) is 0. The van der Waals surface area contributed by atoms with Crippen molar-refractivity contribution in [2.45, 2.75) is 13.8 Å². The van der Waals surface area contributed by atoms with Gasteiger partial charge in [-0.1, -0.05) is 6.58 Å². The molecule has 162 valence electrons. The maximum atomic E-state index is 11.5. The van der Waals surface area contributed by atoms with Crippen molar-refractivity contribution in [3.8, 4) is 0 Å². The zero-order chi connectivity index (χ0) is 23.0. The Balaban J connectivity index is 2.10. The zero-order valence-corrected chi connectivity index (χ0v) is 17.1. The number of aromatic carboxylic acids is 1. The van der Waals surface area contributed by atoms with E-state index in [0.717, 1.165) is 11.8 Å². The third-order valence-electron chi connectivity index (χ3n) is 4.23. The molecule has 10 nitrogen and oxygen atoms in total. The molecule has 2 rings (SSSR count). The lowest BCUT2D eigenvalue weighted by atomic mass is 10.1. The molecule has 0 bridgehead atoms. The number of azo groups is 1. The molecule has 1 N–H and O–H groups in total. The summed E-state index contributed by atoms with van der Waals surface area (Å²) in [6.45, 7) is 8.51. The topological polar surface area (TPSA) is 135 Å². The van der Waals surface area contributed by atoms with E-state index in [2.05, 4.69) is 16.8 Å². The molecule has 0 fully saturated rings. The van der Waals surface area contributed by atoms with Gasteiger partial charge in [-0.3, -0.25) is 10.1 Å². The zero-order valence-electron chi connectivity index (χ0n) is 17.1. The molecule has 0 atom stereocenters. The molecule has 0 spiro atoms. The van der Waals surface area contributed by atoms with Crippen molar-refractivity contribution < 1.29 is 24.4 Å². The van der Waals surface area contributed by atoms with Crippen molar-refractivity contribution in [1.29, 1.82) is 0 Å². The number of anilines is 1. The number of nitro groups is 1. The summed E-state index contributed by atoms with van der Waals surface area (Å²) in [5.74, 6) is -1.77. The fourth-order valence-electron chi connectivity index (χ4n) is 2.58. The van der Waals surface area contributed by atoms with Gasteiger partial charge in [0.15, 0.2) is 0 Å². The van der Waals surface area contributed by atoms with Crippen molar-refractivity contribution in [2.75, 3.05) is 24.6 Å². The van der Waals surface area contributed by atoms with E-state index in [-0.39, 0.29) is 23.5 Å². The van der Waals surface area contributed by atoms with Gasteiger partial charge in [-0.05, 0) is 44.2 Å². The van der Waals surface area contributed by atoms with Crippen LogP contribution in [0.15, 0.2) is 64.8 Å². The standard InChI is InChI=1S/C21H22N4O6/c1-4-24(11-12-31-21(28)14(2)3)16-7-5-15(6-8-16)22-23-19-10-9-17(25(29)30)13-18(19)20(26)27/h5-10,13H,2,4,11-12H2,1,3H3,(H,26,27). The molecule has 0 heterocycles. The van der Waals surface area contributed by atoms with E-state index in [4.69, 9.17) is 4.74 Å². The highest BCUT2D eigenvalue weighted by Gasteiger charge is 2.16. The summed E-state index contributed by atoms with van der Waals surface area (Å²) in [6, 6.07) is 10.4. The lowest BCUT2D eigenvalue weighted by Gasteiger charge is -2.22. The van der Waals surface area contributed by atoms with E-state index in [1.807, 2.05) is 24.0 Å². The average Bonchev–Trinajstić information content (AvgIpc) is 2.75. The number of nitro benzene ring substituents is 1. The van der Waals surface area contributed by atoms with E-state index < -0.39 is 16.9 Å². The van der Waals surface area contributed by atoms with Crippen molar-refractivity contribution in [3.63, 3.8) is 0 Å². The van der Waals surface area contributed by atoms with Crippen LogP contribution >= 0.6 is 0 Å². The van der Waals surface area contributed by atoms with Crippen LogP contribution in [0, 0.1) is 10.1 Å². The van der Waals surface area contributed by atoms with E-state index in [1.54, 1.807) is 19.1 Å². The Morgan fingerprint density at radius 2 is 1.87 bits per heavy atom. The largest absolute Gasteiger partial charge is 0.478 e. The number of hydrogen-bond donors (Lipinski definition) is 1. The second-order valence-electron chi connectivity index (χ2n) is 6.48. The maximum absolute atomic E-state index is 11.5. The number of benzene rings is 2. The Labute approximate surface area is 178 Å². The highest BCUT2D eigenvalue weighted by atomic mass is 16.6. The third kappa shape index (κ3) is 6.46. The molecular weight excluding hydrogens is 404 g/mol. The van der Waals surface area contributed by atoms with Crippen molar-refractivity contribution in [3.05, 3.63) is 70.3 Å². The molecule has 0 aromatic heterocycles. The first-order chi connectivity index (χ1) is 14.7. The average molecular weight is 426 g/mol. The van der Waals surface area contributed by atoms with Gasteiger partial charge in [-0.25, -0.2) is 9.59 Å². The molecule has 0 aliphatic rings. The number of carbonyl (C=O) groups excluding carboxylic acids is 1. The lowest BCUT2D eigenvalue weighted by Crippen LogP contribution is -2.28. The molecular formula is C21H22N4O6. The van der Waals surface area contributed by atoms with Gasteiger partial charge in [0.1, 0.15) is 12.3 Å². The van der Waals surface area contributed by atoms with Crippen LogP contribution in [0.4, 0.5) is 22.7 Å². The highest BCUT2D eigenvalue weighted by molar-refractivity contribution is 5.94. The SMILES string of the molecule is C=C(C)C(=O)OCCN(CC)c1ccc(N=Nc2ccc([N+](=O)[O-])cc2C(=O)O)cc1. The number of esters is 1. The molecule has 0 unspecified atom stereocenters. The van der Waals surface area contributed by atoms with Crippen LogP contribution in [0.2, 0.25) is 0 Å². The van der Waals surface area contributed by atoms with Crippen LogP contribution in [0.25, 0.3) is 0 Å². The van der Waals surface area contributed by atoms with Crippen molar-refractivity contribution >= 4 is 34.7 Å². The summed E-state index contributed by atoms with van der Waals surface area (Å²) in [5.41, 5.74) is 1.07. The van der Waals surface area contributed by atoms with Gasteiger partial charge in [0.2, 0.25) is 0 Å². The first-order valence-electron chi connectivity index (χ1n) is 9.34. The molecule has 0 aliphatic carbocycles. The third-order valence-corrected chi connectivity index (χ3v) is 4.23. The molecule has 0 aliphatic heterocycles. The summed E-state index contributed by atoms with van der Waals surface area (Å²) in [4.78, 5) is 35.0. The van der Waals surface area contributed by atoms with Crippen molar-refractivity contribution in [2.24, 2.45) is 10.2 Å². The quantitative estimate of drug-likeness (QED) is 0.192. The Morgan fingerprint density at radius 1 is 1.19 bits per heavy atom. The first-order valence-corrected chi connectivity index (χ1v) is 9.34. The van der Waals surface area contributed by atoms with Gasteiger partial charge in [-0.2, -0.15) is 5.11 Å². The molecule has 31 heavy (non-hydrogen) atoms. The Bertz CT molecular complexity index is 1020. The van der Waals surface area contributed by atoms with Gasteiger partial charge in [-0.15, -0.1) is 5.11 Å². The number of rotatable bonds is 10. The number of non-ortho nitro benzene ring substituents is 1. The normalized spacial score (nSPS) is 10.6. The number of ether oxygens (including phenoxy) is 1. The van der Waals surface area contributed by atoms with Crippen molar-refractivity contribution in [1.82, 2.24) is 0 Å². The van der Waals surface area contributed by atoms with E-state index in [1.165, 1.54) is 12.1 Å². The highest BCUT2D eigenvalue weighted by Crippen LogP contribution is 2.27. The van der Waals surface area contributed by atoms with Gasteiger partial charge in [0, 0.05) is 29.9 Å². The number of carbonyl (C=O) groups is 2. The fraction of sp³-hybridized carbons (Fsp3) is 0.238. The predicted molar refractivity (Wildman–Crippen MR) is 114 cm³/mol. The number of likely N-dealkylation sites (N-methyl/N-ethyl adjacent to an activating group) is 1. The van der Waals surface area contributed by atoms with E-state index in [9.17, 15) is 24.8 Å². The minimum Gasteiger partial charge on any atom is -0.478 e. The maximum Gasteiger partial charge on any atom is 0.338 e. The molecule has 2 aromatic carbocycles. The Morgan fingerprint density at radius 3 is 2.42 bits per heavy atom. The molecule has 0 saturated carbocycles. The van der Waals surface area contributed by atoms with Gasteiger partial charge < -0.3 is 14.7 Å². The number of hydrogen-bond acceptors (Lipinski definition) is 8. The molecule has 10 heteroatoms. The molecule has 0 amide bonds. The van der Waals surface area contributed by atoms with Crippen LogP contribution in [0.1, 0.15) is 24.2 Å². The van der Waals surface area contributed by atoms with E-state index in [0.29, 0.717) is 24.4 Å². The summed E-state index contributed by atoms with van der Waals surface area (Å²) >= 11 is 0. The van der Waals surface area contributed by atoms with Crippen LogP contribution in [-0.4, -0.2) is 41.7 Å². The summed E-state index contributed by atoms with van der Waals surface area (Å²) < 4.78 is 5.12. The first kappa shape index (κ1) is 23.2. The lowest BCUT2D eigenvalue weighted by molar-refractivity contribution is -0.384. The second-order valence-corrected chi connectivity index (χ2v) is 6.48. The van der Waals surface area contributed by atoms with Gasteiger partial charge in [0.25, 0.3) is 5.69 Å².